The molecule has 1 aromatic carbocycles. The number of halogens is 2. The van der Waals surface area contributed by atoms with E-state index in [0.717, 1.165) is 11.1 Å². The molecule has 0 spiro atoms. The summed E-state index contributed by atoms with van der Waals surface area (Å²) in [6, 6.07) is 6.54. The van der Waals surface area contributed by atoms with Crippen molar-refractivity contribution in [2.24, 2.45) is 0 Å². The Balaban J connectivity index is 2.12. The molecule has 0 radical (unpaired) electrons. The van der Waals surface area contributed by atoms with Gasteiger partial charge in [-0.3, -0.25) is 4.79 Å². The monoisotopic (exact) mass is 420 g/mol. The van der Waals surface area contributed by atoms with E-state index in [0.29, 0.717) is 22.2 Å². The minimum atomic E-state index is -0.614. The second-order valence-electron chi connectivity index (χ2n) is 6.45. The summed E-state index contributed by atoms with van der Waals surface area (Å²) >= 11 is 12.0. The zero-order valence-electron chi connectivity index (χ0n) is 15.7. The maximum Gasteiger partial charge on any atom is 0.358 e. The number of nitrogens with zero attached hydrogens (tertiary/aromatic N) is 1. The van der Waals surface area contributed by atoms with Gasteiger partial charge in [-0.1, -0.05) is 17.7 Å². The number of ether oxygens (including phenoxy) is 1. The van der Waals surface area contributed by atoms with Crippen molar-refractivity contribution in [1.29, 1.82) is 0 Å². The highest BCUT2D eigenvalue weighted by molar-refractivity contribution is 6.30. The van der Waals surface area contributed by atoms with Gasteiger partial charge in [-0.05, 0) is 56.1 Å². The van der Waals surface area contributed by atoms with Gasteiger partial charge in [0.05, 0.1) is 29.8 Å². The maximum atomic E-state index is 12.6. The predicted octanol–water partition coefficient (Wildman–Crippen LogP) is 5.07. The zero-order valence-corrected chi connectivity index (χ0v) is 17.2. The van der Waals surface area contributed by atoms with Gasteiger partial charge < -0.3 is 14.5 Å². The van der Waals surface area contributed by atoms with Crippen LogP contribution in [-0.2, 0) is 4.74 Å². The standard InChI is InChI=1S/C20H18Cl2N2O4/c1-9-7-12(18-13(8-9)17(25)10(2)19(22)28-18)11(3)23-14-5-6-15(21)24-16(14)20(26)27-4/h5-8,11,23H,1-4H3/t11-/m1/s1. The highest BCUT2D eigenvalue weighted by atomic mass is 35.5. The number of methoxy groups -OCH3 is 1. The Kier molecular flexibility index (Phi) is 5.63. The molecule has 0 aliphatic carbocycles. The Morgan fingerprint density at radius 1 is 1.25 bits per heavy atom. The molecule has 0 saturated heterocycles. The summed E-state index contributed by atoms with van der Waals surface area (Å²) in [4.78, 5) is 28.7. The van der Waals surface area contributed by atoms with Crippen LogP contribution >= 0.6 is 23.2 Å². The number of aryl methyl sites for hydroxylation is 1. The van der Waals surface area contributed by atoms with Gasteiger partial charge in [0.1, 0.15) is 10.7 Å². The number of esters is 1. The first-order valence-electron chi connectivity index (χ1n) is 8.47. The third-order valence-electron chi connectivity index (χ3n) is 4.41. The lowest BCUT2D eigenvalue weighted by Gasteiger charge is -2.19. The number of carbonyl (C=O) groups excluding carboxylic acids is 1. The molecular formula is C20H18Cl2N2O4. The summed E-state index contributed by atoms with van der Waals surface area (Å²) in [5.74, 6) is -0.614. The van der Waals surface area contributed by atoms with Crippen LogP contribution in [0.4, 0.5) is 5.69 Å². The van der Waals surface area contributed by atoms with Gasteiger partial charge in [0, 0.05) is 5.56 Å². The molecule has 1 atom stereocenters. The van der Waals surface area contributed by atoms with E-state index in [1.807, 2.05) is 19.9 Å². The van der Waals surface area contributed by atoms with E-state index in [2.05, 4.69) is 10.3 Å². The third-order valence-corrected chi connectivity index (χ3v) is 4.98. The van der Waals surface area contributed by atoms with Crippen LogP contribution in [0.5, 0.6) is 0 Å². The third kappa shape index (κ3) is 3.70. The molecule has 2 heterocycles. The molecule has 3 aromatic rings. The normalized spacial score (nSPS) is 12.1. The van der Waals surface area contributed by atoms with Crippen molar-refractivity contribution in [1.82, 2.24) is 4.98 Å². The van der Waals surface area contributed by atoms with Gasteiger partial charge in [-0.25, -0.2) is 9.78 Å². The van der Waals surface area contributed by atoms with Crippen molar-refractivity contribution in [3.05, 3.63) is 67.2 Å². The van der Waals surface area contributed by atoms with Crippen LogP contribution in [0.2, 0.25) is 10.4 Å². The van der Waals surface area contributed by atoms with Gasteiger partial charge in [-0.15, -0.1) is 0 Å². The van der Waals surface area contributed by atoms with Crippen molar-refractivity contribution in [3.8, 4) is 0 Å². The Morgan fingerprint density at radius 3 is 2.64 bits per heavy atom. The summed E-state index contributed by atoms with van der Waals surface area (Å²) in [5, 5.41) is 3.89. The SMILES string of the molecule is COC(=O)c1nc(Cl)ccc1N[C@H](C)c1cc(C)cc2c(=O)c(C)c(Cl)oc12. The summed E-state index contributed by atoms with van der Waals surface area (Å²) in [6.45, 7) is 5.39. The molecule has 0 saturated carbocycles. The highest BCUT2D eigenvalue weighted by Crippen LogP contribution is 2.31. The van der Waals surface area contributed by atoms with E-state index >= 15 is 0 Å². The molecule has 0 unspecified atom stereocenters. The first-order chi connectivity index (χ1) is 13.2. The van der Waals surface area contributed by atoms with E-state index in [1.165, 1.54) is 7.11 Å². The van der Waals surface area contributed by atoms with Crippen molar-refractivity contribution in [2.75, 3.05) is 12.4 Å². The largest absolute Gasteiger partial charge is 0.464 e. The summed E-state index contributed by atoms with van der Waals surface area (Å²) in [6.07, 6.45) is 0. The van der Waals surface area contributed by atoms with Gasteiger partial charge in [0.2, 0.25) is 5.22 Å². The fourth-order valence-electron chi connectivity index (χ4n) is 2.98. The van der Waals surface area contributed by atoms with E-state index in [1.54, 1.807) is 25.1 Å². The number of carbonyl (C=O) groups is 1. The predicted molar refractivity (Wildman–Crippen MR) is 110 cm³/mol. The molecule has 146 valence electrons. The number of fused-ring (bicyclic) bond motifs is 1. The minimum Gasteiger partial charge on any atom is -0.464 e. The molecule has 0 amide bonds. The van der Waals surface area contributed by atoms with Gasteiger partial charge >= 0.3 is 5.97 Å². The van der Waals surface area contributed by atoms with E-state index in [-0.39, 0.29) is 27.5 Å². The average molecular weight is 421 g/mol. The summed E-state index contributed by atoms with van der Waals surface area (Å²) in [7, 11) is 1.27. The molecule has 6 nitrogen and oxygen atoms in total. The summed E-state index contributed by atoms with van der Waals surface area (Å²) in [5.41, 5.74) is 2.71. The lowest BCUT2D eigenvalue weighted by atomic mass is 10.0. The van der Waals surface area contributed by atoms with Crippen LogP contribution in [-0.4, -0.2) is 18.1 Å². The second kappa shape index (κ2) is 7.81. The summed E-state index contributed by atoms with van der Waals surface area (Å²) < 4.78 is 10.5. The quantitative estimate of drug-likeness (QED) is 0.468. The molecule has 28 heavy (non-hydrogen) atoms. The number of hydrogen-bond donors (Lipinski definition) is 1. The zero-order chi connectivity index (χ0) is 20.6. The van der Waals surface area contributed by atoms with E-state index in [4.69, 9.17) is 32.4 Å². The van der Waals surface area contributed by atoms with Crippen molar-refractivity contribution < 1.29 is 13.9 Å². The fourth-order valence-corrected chi connectivity index (χ4v) is 3.29. The van der Waals surface area contributed by atoms with Crippen molar-refractivity contribution in [3.63, 3.8) is 0 Å². The minimum absolute atomic E-state index is 0.0539. The van der Waals surface area contributed by atoms with Crippen LogP contribution in [0.25, 0.3) is 11.0 Å². The number of pyridine rings is 1. The Labute approximate surface area is 171 Å². The van der Waals surface area contributed by atoms with Crippen LogP contribution in [0.15, 0.2) is 33.5 Å². The van der Waals surface area contributed by atoms with E-state index < -0.39 is 5.97 Å². The van der Waals surface area contributed by atoms with E-state index in [9.17, 15) is 9.59 Å². The number of anilines is 1. The number of aromatic nitrogens is 1. The van der Waals surface area contributed by atoms with Gasteiger partial charge in [0.15, 0.2) is 11.1 Å². The molecule has 0 aliphatic rings. The lowest BCUT2D eigenvalue weighted by molar-refractivity contribution is 0.0595. The molecule has 8 heteroatoms. The second-order valence-corrected chi connectivity index (χ2v) is 7.18. The number of rotatable bonds is 4. The number of benzene rings is 1. The number of nitrogens with one attached hydrogen (secondary N) is 1. The fraction of sp³-hybridized carbons (Fsp3) is 0.250. The first kappa shape index (κ1) is 20.2. The smallest absolute Gasteiger partial charge is 0.358 e. The van der Waals surface area contributed by atoms with Crippen molar-refractivity contribution >= 4 is 45.8 Å². The molecule has 0 fully saturated rings. The van der Waals surface area contributed by atoms with Crippen LogP contribution in [0, 0.1) is 13.8 Å². The van der Waals surface area contributed by atoms with Gasteiger partial charge in [-0.2, -0.15) is 0 Å². The lowest BCUT2D eigenvalue weighted by Crippen LogP contribution is -2.15. The van der Waals surface area contributed by atoms with Crippen LogP contribution in [0.3, 0.4) is 0 Å². The molecule has 3 rings (SSSR count). The molecule has 2 aromatic heterocycles. The molecule has 0 bridgehead atoms. The van der Waals surface area contributed by atoms with Crippen LogP contribution in [0.1, 0.15) is 40.1 Å². The highest BCUT2D eigenvalue weighted by Gasteiger charge is 2.20. The molecule has 1 N–H and O–H groups in total. The first-order valence-corrected chi connectivity index (χ1v) is 9.23. The van der Waals surface area contributed by atoms with Crippen LogP contribution < -0.4 is 10.7 Å². The maximum absolute atomic E-state index is 12.6. The molecular weight excluding hydrogens is 403 g/mol. The Hall–Kier alpha value is -2.57. The topological polar surface area (TPSA) is 81.4 Å². The Bertz CT molecular complexity index is 1140. The van der Waals surface area contributed by atoms with Crippen molar-refractivity contribution in [2.45, 2.75) is 26.8 Å². The number of hydrogen-bond acceptors (Lipinski definition) is 6. The molecule has 0 aliphatic heterocycles. The van der Waals surface area contributed by atoms with Gasteiger partial charge in [0.25, 0.3) is 0 Å². The average Bonchev–Trinajstić information content (AvgIpc) is 2.67. The Morgan fingerprint density at radius 2 is 1.96 bits per heavy atom.